The molecule has 2 aromatic rings. The number of H-pyrrole nitrogens is 2. The van der Waals surface area contributed by atoms with Gasteiger partial charge in [-0.25, -0.2) is 9.59 Å². The first-order chi connectivity index (χ1) is 7.56. The lowest BCUT2D eigenvalue weighted by molar-refractivity contribution is 0.943. The van der Waals surface area contributed by atoms with E-state index < -0.39 is 11.4 Å². The lowest BCUT2D eigenvalue weighted by Gasteiger charge is -2.02. The molecule has 1 aromatic carbocycles. The second kappa shape index (κ2) is 4.11. The predicted molar refractivity (Wildman–Crippen MR) is 60.9 cm³/mol. The van der Waals surface area contributed by atoms with Gasteiger partial charge in [0, 0.05) is 10.6 Å². The van der Waals surface area contributed by atoms with E-state index in [0.717, 1.165) is 0 Å². The van der Waals surface area contributed by atoms with Crippen LogP contribution in [-0.4, -0.2) is 15.0 Å². The number of aromatic amines is 2. The molecule has 0 amide bonds. The van der Waals surface area contributed by atoms with Gasteiger partial charge in [-0.3, -0.25) is 9.97 Å². The summed E-state index contributed by atoms with van der Waals surface area (Å²) < 4.78 is 0. The Morgan fingerprint density at radius 3 is 2.56 bits per heavy atom. The molecule has 0 spiro atoms. The third-order valence-corrected chi connectivity index (χ3v) is 2.41. The zero-order valence-corrected chi connectivity index (χ0v) is 9.26. The molecule has 0 saturated carbocycles. The molecule has 0 saturated heterocycles. The molecule has 2 rings (SSSR count). The number of nitrogens with zero attached hydrogens (tertiary/aromatic N) is 1. The Labute approximate surface area is 99.1 Å². The van der Waals surface area contributed by atoms with Gasteiger partial charge in [0.15, 0.2) is 0 Å². The van der Waals surface area contributed by atoms with Crippen LogP contribution >= 0.6 is 23.2 Å². The van der Waals surface area contributed by atoms with Crippen molar-refractivity contribution < 1.29 is 0 Å². The number of rotatable bonds is 1. The van der Waals surface area contributed by atoms with E-state index in [2.05, 4.69) is 9.97 Å². The molecule has 0 unspecified atom stereocenters. The van der Waals surface area contributed by atoms with Crippen LogP contribution in [0.2, 0.25) is 10.0 Å². The fourth-order valence-electron chi connectivity index (χ4n) is 1.20. The van der Waals surface area contributed by atoms with Crippen LogP contribution in [0, 0.1) is 0 Å². The minimum absolute atomic E-state index is 0.0845. The largest absolute Gasteiger partial charge is 0.351 e. The Balaban J connectivity index is 2.71. The van der Waals surface area contributed by atoms with Crippen molar-refractivity contribution in [3.05, 3.63) is 49.2 Å². The Kier molecular flexibility index (Phi) is 2.80. The lowest BCUT2D eigenvalue weighted by atomic mass is 10.2. The number of nitrogens with one attached hydrogen (secondary N) is 2. The molecule has 1 aromatic heterocycles. The van der Waals surface area contributed by atoms with E-state index >= 15 is 0 Å². The summed E-state index contributed by atoms with van der Waals surface area (Å²) in [5, 5.41) is 0.778. The van der Waals surface area contributed by atoms with E-state index in [1.54, 1.807) is 12.1 Å². The normalized spacial score (nSPS) is 10.4. The highest BCUT2D eigenvalue weighted by molar-refractivity contribution is 6.35. The molecule has 0 aliphatic carbocycles. The molecule has 0 aliphatic rings. The molecule has 7 heteroatoms. The number of benzene rings is 1. The van der Waals surface area contributed by atoms with Gasteiger partial charge in [0.1, 0.15) is 5.82 Å². The minimum atomic E-state index is -0.741. The average Bonchev–Trinajstić information content (AvgIpc) is 2.20. The second-order valence-electron chi connectivity index (χ2n) is 2.97. The molecule has 0 atom stereocenters. The summed E-state index contributed by atoms with van der Waals surface area (Å²) in [7, 11) is 0. The van der Waals surface area contributed by atoms with Crippen LogP contribution < -0.4 is 11.4 Å². The van der Waals surface area contributed by atoms with E-state index in [1.165, 1.54) is 6.07 Å². The van der Waals surface area contributed by atoms with Crippen LogP contribution in [-0.2, 0) is 0 Å². The average molecular weight is 258 g/mol. The van der Waals surface area contributed by atoms with E-state index in [0.29, 0.717) is 15.6 Å². The van der Waals surface area contributed by atoms with E-state index in [-0.39, 0.29) is 5.82 Å². The van der Waals surface area contributed by atoms with Crippen LogP contribution in [0.5, 0.6) is 0 Å². The van der Waals surface area contributed by atoms with Gasteiger partial charge >= 0.3 is 11.4 Å². The van der Waals surface area contributed by atoms with Gasteiger partial charge < -0.3 is 0 Å². The summed E-state index contributed by atoms with van der Waals surface area (Å²) in [6, 6.07) is 4.67. The number of halogens is 2. The SMILES string of the molecule is O=c1nc(-c2cc(Cl)ccc2Cl)[nH]c(=O)[nH]1. The van der Waals surface area contributed by atoms with Crippen molar-refractivity contribution >= 4 is 23.2 Å². The molecule has 0 radical (unpaired) electrons. The van der Waals surface area contributed by atoms with Crippen LogP contribution in [0.15, 0.2) is 27.8 Å². The molecule has 2 N–H and O–H groups in total. The highest BCUT2D eigenvalue weighted by Crippen LogP contribution is 2.26. The second-order valence-corrected chi connectivity index (χ2v) is 3.81. The highest BCUT2D eigenvalue weighted by atomic mass is 35.5. The Bertz CT molecular complexity index is 619. The molecular weight excluding hydrogens is 253 g/mol. The zero-order valence-electron chi connectivity index (χ0n) is 7.75. The van der Waals surface area contributed by atoms with E-state index in [9.17, 15) is 9.59 Å². The maximum Gasteiger partial charge on any atom is 0.351 e. The first kappa shape index (κ1) is 10.9. The van der Waals surface area contributed by atoms with E-state index in [1.807, 2.05) is 4.98 Å². The highest BCUT2D eigenvalue weighted by Gasteiger charge is 2.07. The molecule has 82 valence electrons. The molecule has 0 bridgehead atoms. The summed E-state index contributed by atoms with van der Waals surface area (Å²) in [4.78, 5) is 30.0. The van der Waals surface area contributed by atoms with Crippen molar-refractivity contribution in [2.75, 3.05) is 0 Å². The Hall–Kier alpha value is -1.59. The number of hydrogen-bond acceptors (Lipinski definition) is 3. The van der Waals surface area contributed by atoms with E-state index in [4.69, 9.17) is 23.2 Å². The monoisotopic (exact) mass is 257 g/mol. The van der Waals surface area contributed by atoms with Gasteiger partial charge in [-0.15, -0.1) is 0 Å². The molecule has 1 heterocycles. The first-order valence-corrected chi connectivity index (χ1v) is 4.98. The third kappa shape index (κ3) is 2.15. The molecule has 5 nitrogen and oxygen atoms in total. The van der Waals surface area contributed by atoms with Crippen LogP contribution in [0.1, 0.15) is 0 Å². The van der Waals surface area contributed by atoms with Crippen LogP contribution in [0.4, 0.5) is 0 Å². The summed E-state index contributed by atoms with van der Waals surface area (Å²) in [6.45, 7) is 0. The van der Waals surface area contributed by atoms with Crippen molar-refractivity contribution in [2.45, 2.75) is 0 Å². The van der Waals surface area contributed by atoms with Gasteiger partial charge in [0.05, 0.1) is 5.02 Å². The third-order valence-electron chi connectivity index (χ3n) is 1.85. The Morgan fingerprint density at radius 2 is 1.88 bits per heavy atom. The quantitative estimate of drug-likeness (QED) is 0.812. The van der Waals surface area contributed by atoms with Crippen LogP contribution in [0.25, 0.3) is 11.4 Å². The smallest absolute Gasteiger partial charge is 0.291 e. The summed E-state index contributed by atoms with van der Waals surface area (Å²) in [5.74, 6) is 0.0845. The number of hydrogen-bond donors (Lipinski definition) is 2. The zero-order chi connectivity index (χ0) is 11.7. The number of aromatic nitrogens is 3. The van der Waals surface area contributed by atoms with Crippen molar-refractivity contribution in [3.8, 4) is 11.4 Å². The maximum absolute atomic E-state index is 11.1. The van der Waals surface area contributed by atoms with Gasteiger partial charge in [-0.2, -0.15) is 4.98 Å². The summed E-state index contributed by atoms with van der Waals surface area (Å²) >= 11 is 11.7. The van der Waals surface area contributed by atoms with Gasteiger partial charge in [0.2, 0.25) is 0 Å². The fourth-order valence-corrected chi connectivity index (χ4v) is 1.58. The molecular formula is C9H5Cl2N3O2. The van der Waals surface area contributed by atoms with Crippen molar-refractivity contribution in [3.63, 3.8) is 0 Å². The predicted octanol–water partition coefficient (Wildman–Crippen LogP) is 1.43. The van der Waals surface area contributed by atoms with Crippen LogP contribution in [0.3, 0.4) is 0 Å². The molecule has 16 heavy (non-hydrogen) atoms. The maximum atomic E-state index is 11.1. The standard InChI is InChI=1S/C9H5Cl2N3O2/c10-4-1-2-6(11)5(3-4)7-12-8(15)14-9(16)13-7/h1-3H,(H2,12,13,14,15,16). The van der Waals surface area contributed by atoms with Gasteiger partial charge in [-0.05, 0) is 18.2 Å². The van der Waals surface area contributed by atoms with Crippen molar-refractivity contribution in [2.24, 2.45) is 0 Å². The van der Waals surface area contributed by atoms with Crippen molar-refractivity contribution in [1.82, 2.24) is 15.0 Å². The first-order valence-electron chi connectivity index (χ1n) is 4.22. The minimum Gasteiger partial charge on any atom is -0.291 e. The van der Waals surface area contributed by atoms with Crippen molar-refractivity contribution in [1.29, 1.82) is 0 Å². The fraction of sp³-hybridized carbons (Fsp3) is 0. The molecule has 0 aliphatic heterocycles. The summed E-state index contributed by atoms with van der Waals surface area (Å²) in [5.41, 5.74) is -0.988. The topological polar surface area (TPSA) is 78.6 Å². The lowest BCUT2D eigenvalue weighted by Crippen LogP contribution is -2.25. The molecule has 0 fully saturated rings. The van der Waals surface area contributed by atoms with Gasteiger partial charge in [0.25, 0.3) is 0 Å². The summed E-state index contributed by atoms with van der Waals surface area (Å²) in [6.07, 6.45) is 0. The van der Waals surface area contributed by atoms with Gasteiger partial charge in [-0.1, -0.05) is 23.2 Å². The Morgan fingerprint density at radius 1 is 1.12 bits per heavy atom.